The van der Waals surface area contributed by atoms with E-state index >= 15 is 0 Å². The Labute approximate surface area is 172 Å². The Bertz CT molecular complexity index is 938. The first kappa shape index (κ1) is 20.3. The number of carbonyl (C=O) groups is 2. The third-order valence-electron chi connectivity index (χ3n) is 6.22. The summed E-state index contributed by atoms with van der Waals surface area (Å²) < 4.78 is 27.6. The lowest BCUT2D eigenvalue weighted by molar-refractivity contribution is -0.142. The molecule has 2 aliphatic heterocycles. The Balaban J connectivity index is 1.40. The van der Waals surface area contributed by atoms with Crippen molar-refractivity contribution in [1.82, 2.24) is 14.1 Å². The fourth-order valence-electron chi connectivity index (χ4n) is 4.55. The molecule has 29 heavy (non-hydrogen) atoms. The first-order valence-electron chi connectivity index (χ1n) is 10.1. The third-order valence-corrected chi connectivity index (χ3v) is 8.28. The van der Waals surface area contributed by atoms with Gasteiger partial charge in [-0.15, -0.1) is 0 Å². The van der Waals surface area contributed by atoms with Gasteiger partial charge in [0, 0.05) is 26.2 Å². The number of sulfonamides is 1. The molecule has 0 saturated carbocycles. The van der Waals surface area contributed by atoms with E-state index in [0.29, 0.717) is 43.9 Å². The molecule has 0 radical (unpaired) electrons. The van der Waals surface area contributed by atoms with Crippen LogP contribution in [0.5, 0.6) is 0 Å². The number of piperazine rings is 1. The van der Waals surface area contributed by atoms with Crippen LogP contribution in [0.25, 0.3) is 0 Å². The number of hydrogen-bond acceptors (Lipinski definition) is 5. The van der Waals surface area contributed by atoms with E-state index in [2.05, 4.69) is 0 Å². The van der Waals surface area contributed by atoms with E-state index in [4.69, 9.17) is 0 Å². The predicted molar refractivity (Wildman–Crippen MR) is 108 cm³/mol. The molecule has 2 saturated heterocycles. The molecule has 2 amide bonds. The molecule has 3 aliphatic rings. The van der Waals surface area contributed by atoms with E-state index in [1.54, 1.807) is 6.07 Å². The fourth-order valence-corrected chi connectivity index (χ4v) is 6.18. The third kappa shape index (κ3) is 3.65. The molecule has 0 bridgehead atoms. The van der Waals surface area contributed by atoms with Gasteiger partial charge < -0.3 is 0 Å². The summed E-state index contributed by atoms with van der Waals surface area (Å²) in [5.41, 5.74) is 1.78. The molecular weight excluding hydrogens is 390 g/mol. The van der Waals surface area contributed by atoms with E-state index in [0.717, 1.165) is 11.1 Å². The van der Waals surface area contributed by atoms with Crippen LogP contribution >= 0.6 is 0 Å². The molecule has 2 atom stereocenters. The summed E-state index contributed by atoms with van der Waals surface area (Å²) >= 11 is 0. The van der Waals surface area contributed by atoms with Crippen LogP contribution in [-0.2, 0) is 19.6 Å². The summed E-state index contributed by atoms with van der Waals surface area (Å²) in [6.07, 6.45) is 5.22. The number of carbonyl (C=O) groups excluding carboxylic acids is 2. The van der Waals surface area contributed by atoms with Crippen LogP contribution in [0.1, 0.15) is 24.0 Å². The van der Waals surface area contributed by atoms with E-state index in [-0.39, 0.29) is 30.3 Å². The van der Waals surface area contributed by atoms with Gasteiger partial charge in [-0.3, -0.25) is 19.4 Å². The summed E-state index contributed by atoms with van der Waals surface area (Å²) in [7, 11) is -3.55. The average Bonchev–Trinajstić information content (AvgIpc) is 2.93. The Morgan fingerprint density at radius 1 is 0.931 bits per heavy atom. The predicted octanol–water partition coefficient (Wildman–Crippen LogP) is 1.52. The molecule has 0 N–H and O–H groups in total. The molecule has 156 valence electrons. The summed E-state index contributed by atoms with van der Waals surface area (Å²) in [6, 6.07) is 5.36. The first-order chi connectivity index (χ1) is 13.8. The summed E-state index contributed by atoms with van der Waals surface area (Å²) in [5.74, 6) is -0.623. The number of amides is 2. The first-order valence-corrected chi connectivity index (χ1v) is 11.5. The van der Waals surface area contributed by atoms with Gasteiger partial charge in [0.15, 0.2) is 0 Å². The van der Waals surface area contributed by atoms with Gasteiger partial charge in [-0.2, -0.15) is 4.31 Å². The Morgan fingerprint density at radius 2 is 1.52 bits per heavy atom. The molecule has 8 heteroatoms. The Kier molecular flexibility index (Phi) is 5.35. The lowest BCUT2D eigenvalue weighted by Gasteiger charge is -2.35. The molecule has 0 unspecified atom stereocenters. The number of nitrogens with zero attached hydrogens (tertiary/aromatic N) is 3. The van der Waals surface area contributed by atoms with Crippen LogP contribution in [0.4, 0.5) is 0 Å². The molecule has 7 nitrogen and oxygen atoms in total. The standard InChI is InChI=1S/C21H27N3O4S/c1-15-7-8-19(16(2)13-15)29(27,28)23-11-9-22(10-12-23)14-24-20(25)17-5-3-4-6-18(17)21(24)26/h3-4,7-8,13,17-18H,5-6,9-12,14H2,1-2H3/t17-,18+. The minimum absolute atomic E-state index is 0.0883. The van der Waals surface area contributed by atoms with Gasteiger partial charge >= 0.3 is 0 Å². The van der Waals surface area contributed by atoms with Gasteiger partial charge in [0.1, 0.15) is 0 Å². The van der Waals surface area contributed by atoms with E-state index < -0.39 is 10.0 Å². The quantitative estimate of drug-likeness (QED) is 0.548. The highest BCUT2D eigenvalue weighted by molar-refractivity contribution is 7.89. The van der Waals surface area contributed by atoms with E-state index in [1.165, 1.54) is 9.21 Å². The summed E-state index contributed by atoms with van der Waals surface area (Å²) in [4.78, 5) is 29.0. The number of aryl methyl sites for hydroxylation is 2. The molecule has 0 aromatic heterocycles. The zero-order valence-electron chi connectivity index (χ0n) is 16.9. The average molecular weight is 418 g/mol. The number of benzene rings is 1. The van der Waals surface area contributed by atoms with Crippen molar-refractivity contribution >= 4 is 21.8 Å². The zero-order chi connectivity index (χ0) is 20.8. The van der Waals surface area contributed by atoms with Crippen LogP contribution in [0.3, 0.4) is 0 Å². The monoisotopic (exact) mass is 417 g/mol. The minimum Gasteiger partial charge on any atom is -0.283 e. The second kappa shape index (κ2) is 7.66. The van der Waals surface area contributed by atoms with Crippen molar-refractivity contribution in [3.8, 4) is 0 Å². The van der Waals surface area contributed by atoms with Crippen molar-refractivity contribution in [3.05, 3.63) is 41.5 Å². The van der Waals surface area contributed by atoms with Gasteiger partial charge in [-0.1, -0.05) is 29.8 Å². The van der Waals surface area contributed by atoms with Gasteiger partial charge in [0.2, 0.25) is 21.8 Å². The number of hydrogen-bond donors (Lipinski definition) is 0. The molecule has 1 aromatic carbocycles. The Morgan fingerprint density at radius 3 is 2.07 bits per heavy atom. The second-order valence-corrected chi connectivity index (χ2v) is 10.1. The number of likely N-dealkylation sites (tertiary alicyclic amines) is 1. The van der Waals surface area contributed by atoms with Crippen LogP contribution in [0, 0.1) is 25.7 Å². The molecule has 0 spiro atoms. The maximum Gasteiger partial charge on any atom is 0.243 e. The van der Waals surface area contributed by atoms with E-state index in [1.807, 2.05) is 43.0 Å². The van der Waals surface area contributed by atoms with Crippen molar-refractivity contribution in [2.75, 3.05) is 32.8 Å². The van der Waals surface area contributed by atoms with E-state index in [9.17, 15) is 18.0 Å². The largest absolute Gasteiger partial charge is 0.283 e. The second-order valence-electron chi connectivity index (χ2n) is 8.19. The number of fused-ring (bicyclic) bond motifs is 1. The molecule has 1 aromatic rings. The highest BCUT2D eigenvalue weighted by Gasteiger charge is 2.47. The van der Waals surface area contributed by atoms with Gasteiger partial charge in [-0.05, 0) is 38.3 Å². The maximum atomic E-state index is 13.0. The topological polar surface area (TPSA) is 78.0 Å². The molecule has 2 heterocycles. The normalized spacial score (nSPS) is 26.2. The molecular formula is C21H27N3O4S. The number of imide groups is 1. The van der Waals surface area contributed by atoms with Crippen molar-refractivity contribution in [2.24, 2.45) is 11.8 Å². The lowest BCUT2D eigenvalue weighted by atomic mass is 9.85. The van der Waals surface area contributed by atoms with Crippen molar-refractivity contribution < 1.29 is 18.0 Å². The van der Waals surface area contributed by atoms with Crippen LogP contribution in [-0.4, -0.2) is 67.2 Å². The lowest BCUT2D eigenvalue weighted by Crippen LogP contribution is -2.52. The van der Waals surface area contributed by atoms with Crippen LogP contribution in [0.15, 0.2) is 35.2 Å². The summed E-state index contributed by atoms with van der Waals surface area (Å²) in [5, 5.41) is 0. The van der Waals surface area contributed by atoms with Crippen LogP contribution < -0.4 is 0 Å². The number of rotatable bonds is 4. The van der Waals surface area contributed by atoms with Gasteiger partial charge in [-0.25, -0.2) is 8.42 Å². The molecule has 2 fully saturated rings. The smallest absolute Gasteiger partial charge is 0.243 e. The van der Waals surface area contributed by atoms with Crippen molar-refractivity contribution in [1.29, 1.82) is 0 Å². The number of allylic oxidation sites excluding steroid dienone is 2. The maximum absolute atomic E-state index is 13.0. The molecule has 4 rings (SSSR count). The van der Waals surface area contributed by atoms with Gasteiger partial charge in [0.05, 0.1) is 23.4 Å². The highest BCUT2D eigenvalue weighted by atomic mass is 32.2. The SMILES string of the molecule is Cc1ccc(S(=O)(=O)N2CCN(CN3C(=O)[C@H]4CC=CC[C@H]4C3=O)CC2)c(C)c1. The highest BCUT2D eigenvalue weighted by Crippen LogP contribution is 2.35. The van der Waals surface area contributed by atoms with Crippen molar-refractivity contribution in [3.63, 3.8) is 0 Å². The minimum atomic E-state index is -3.55. The van der Waals surface area contributed by atoms with Gasteiger partial charge in [0.25, 0.3) is 0 Å². The Hall–Kier alpha value is -2.03. The van der Waals surface area contributed by atoms with Crippen LogP contribution in [0.2, 0.25) is 0 Å². The zero-order valence-corrected chi connectivity index (χ0v) is 17.7. The van der Waals surface area contributed by atoms with Crippen molar-refractivity contribution in [2.45, 2.75) is 31.6 Å². The summed E-state index contributed by atoms with van der Waals surface area (Å²) in [6.45, 7) is 5.69. The molecule has 1 aliphatic carbocycles. The fraction of sp³-hybridized carbons (Fsp3) is 0.524.